The summed E-state index contributed by atoms with van der Waals surface area (Å²) in [7, 11) is 0. The van der Waals surface area contributed by atoms with Crippen molar-refractivity contribution >= 4 is 17.5 Å². The van der Waals surface area contributed by atoms with E-state index in [4.69, 9.17) is 0 Å². The van der Waals surface area contributed by atoms with Gasteiger partial charge in [0.25, 0.3) is 11.7 Å². The van der Waals surface area contributed by atoms with Crippen LogP contribution in [-0.4, -0.2) is 56.6 Å². The third kappa shape index (κ3) is 3.25. The van der Waals surface area contributed by atoms with Gasteiger partial charge < -0.3 is 9.80 Å². The van der Waals surface area contributed by atoms with Gasteiger partial charge >= 0.3 is 0 Å². The van der Waals surface area contributed by atoms with Gasteiger partial charge in [0.15, 0.2) is 0 Å². The van der Waals surface area contributed by atoms with Crippen LogP contribution in [0.1, 0.15) is 34.1 Å². The summed E-state index contributed by atoms with van der Waals surface area (Å²) in [6, 6.07) is 8.02. The predicted molar refractivity (Wildman–Crippen MR) is 104 cm³/mol. The Morgan fingerprint density at radius 3 is 2.56 bits per heavy atom. The van der Waals surface area contributed by atoms with Crippen molar-refractivity contribution in [3.63, 3.8) is 0 Å². The van der Waals surface area contributed by atoms with Crippen LogP contribution in [0.15, 0.2) is 30.6 Å². The second kappa shape index (κ2) is 6.98. The van der Waals surface area contributed by atoms with Crippen molar-refractivity contribution in [3.8, 4) is 0 Å². The highest BCUT2D eigenvalue weighted by atomic mass is 16.2. The van der Waals surface area contributed by atoms with Crippen molar-refractivity contribution in [1.82, 2.24) is 24.5 Å². The molecule has 7 nitrogen and oxygen atoms in total. The van der Waals surface area contributed by atoms with Gasteiger partial charge in [-0.2, -0.15) is 4.98 Å². The molecule has 0 aliphatic carbocycles. The molecule has 0 radical (unpaired) electrons. The van der Waals surface area contributed by atoms with Crippen LogP contribution >= 0.6 is 0 Å². The van der Waals surface area contributed by atoms with Gasteiger partial charge in [0, 0.05) is 43.5 Å². The number of hydrogen-bond donors (Lipinski definition) is 0. The van der Waals surface area contributed by atoms with Crippen LogP contribution in [0, 0.1) is 13.8 Å². The average molecular weight is 364 g/mol. The lowest BCUT2D eigenvalue weighted by molar-refractivity contribution is 0.0746. The predicted octanol–water partition coefficient (Wildman–Crippen LogP) is 2.27. The molecule has 0 bridgehead atoms. The Kier molecular flexibility index (Phi) is 4.51. The van der Waals surface area contributed by atoms with E-state index in [2.05, 4.69) is 40.0 Å². The molecule has 1 aromatic carbocycles. The summed E-state index contributed by atoms with van der Waals surface area (Å²) in [5.74, 6) is 1.64. The Hall–Kier alpha value is -2.96. The zero-order valence-corrected chi connectivity index (χ0v) is 16.0. The molecular formula is C20H24N6O. The molecule has 0 saturated carbocycles. The number of aromatic nitrogens is 4. The topological polar surface area (TPSA) is 66.6 Å². The van der Waals surface area contributed by atoms with Crippen LogP contribution in [0.2, 0.25) is 0 Å². The smallest absolute Gasteiger partial charge is 0.256 e. The highest BCUT2D eigenvalue weighted by Gasteiger charge is 2.23. The molecule has 4 rings (SSSR count). The highest BCUT2D eigenvalue weighted by Crippen LogP contribution is 2.19. The fraction of sp³-hybridized carbons (Fsp3) is 0.400. The highest BCUT2D eigenvalue weighted by molar-refractivity contribution is 5.94. The quantitative estimate of drug-likeness (QED) is 0.713. The first kappa shape index (κ1) is 17.5. The second-order valence-electron chi connectivity index (χ2n) is 7.04. The van der Waals surface area contributed by atoms with E-state index in [1.807, 2.05) is 34.4 Å². The number of benzene rings is 1. The Morgan fingerprint density at radius 1 is 1.07 bits per heavy atom. The van der Waals surface area contributed by atoms with E-state index in [0.717, 1.165) is 42.1 Å². The van der Waals surface area contributed by atoms with Crippen molar-refractivity contribution in [2.75, 3.05) is 31.1 Å². The van der Waals surface area contributed by atoms with Crippen molar-refractivity contribution < 1.29 is 4.79 Å². The van der Waals surface area contributed by atoms with E-state index in [-0.39, 0.29) is 5.91 Å². The van der Waals surface area contributed by atoms with E-state index < -0.39 is 0 Å². The Morgan fingerprint density at radius 2 is 1.85 bits per heavy atom. The average Bonchev–Trinajstić information content (AvgIpc) is 3.17. The van der Waals surface area contributed by atoms with Crippen LogP contribution in [-0.2, 0) is 6.42 Å². The van der Waals surface area contributed by atoms with Gasteiger partial charge in [-0.25, -0.2) is 0 Å². The minimum atomic E-state index is 0.105. The van der Waals surface area contributed by atoms with Gasteiger partial charge in [0.05, 0.1) is 0 Å². The number of hydrogen-bond acceptors (Lipinski definition) is 5. The number of aryl methyl sites for hydroxylation is 3. The molecule has 7 heteroatoms. The second-order valence-corrected chi connectivity index (χ2v) is 7.04. The van der Waals surface area contributed by atoms with Crippen molar-refractivity contribution in [3.05, 3.63) is 53.0 Å². The molecule has 3 aromatic rings. The third-order valence-electron chi connectivity index (χ3n) is 5.36. The number of carbonyl (C=O) groups excluding carboxylic acids is 1. The molecule has 1 fully saturated rings. The van der Waals surface area contributed by atoms with Crippen LogP contribution in [0.4, 0.5) is 5.82 Å². The van der Waals surface area contributed by atoms with Crippen LogP contribution in [0.3, 0.4) is 0 Å². The number of amides is 1. The maximum Gasteiger partial charge on any atom is 0.256 e. The monoisotopic (exact) mass is 364 g/mol. The van der Waals surface area contributed by atoms with E-state index >= 15 is 0 Å². The number of carbonyl (C=O) groups is 1. The van der Waals surface area contributed by atoms with Crippen LogP contribution < -0.4 is 4.90 Å². The number of nitrogens with zero attached hydrogens (tertiary/aromatic N) is 6. The van der Waals surface area contributed by atoms with Crippen molar-refractivity contribution in [2.24, 2.45) is 0 Å². The molecule has 1 saturated heterocycles. The molecule has 0 atom stereocenters. The van der Waals surface area contributed by atoms with E-state index in [1.54, 1.807) is 6.33 Å². The fourth-order valence-corrected chi connectivity index (χ4v) is 3.49. The molecule has 1 aliphatic heterocycles. The van der Waals surface area contributed by atoms with Gasteiger partial charge in [-0.05, 0) is 43.5 Å². The zero-order chi connectivity index (χ0) is 19.0. The Balaban J connectivity index is 1.48. The first-order chi connectivity index (χ1) is 13.1. The lowest BCUT2D eigenvalue weighted by Crippen LogP contribution is -2.49. The molecule has 3 heterocycles. The maximum absolute atomic E-state index is 12.8. The van der Waals surface area contributed by atoms with Gasteiger partial charge in [0.1, 0.15) is 12.1 Å². The van der Waals surface area contributed by atoms with E-state index in [0.29, 0.717) is 18.9 Å². The maximum atomic E-state index is 12.8. The van der Waals surface area contributed by atoms with Gasteiger partial charge in [-0.3, -0.25) is 9.20 Å². The van der Waals surface area contributed by atoms with Crippen LogP contribution in [0.5, 0.6) is 0 Å². The molecular weight excluding hydrogens is 340 g/mol. The lowest BCUT2D eigenvalue weighted by atomic mass is 10.1. The molecule has 1 amide bonds. The van der Waals surface area contributed by atoms with Crippen molar-refractivity contribution in [2.45, 2.75) is 27.2 Å². The fourth-order valence-electron chi connectivity index (χ4n) is 3.49. The van der Waals surface area contributed by atoms with Crippen LogP contribution in [0.25, 0.3) is 5.78 Å². The summed E-state index contributed by atoms with van der Waals surface area (Å²) in [6.07, 6.45) is 2.58. The summed E-state index contributed by atoms with van der Waals surface area (Å²) in [5.41, 5.74) is 4.26. The van der Waals surface area contributed by atoms with E-state index in [1.165, 1.54) is 5.56 Å². The SMILES string of the molecule is CCc1cc(N2CCN(C(=O)c3ccc(C)c(C)c3)CC2)nc2nncn12. The third-order valence-corrected chi connectivity index (χ3v) is 5.36. The summed E-state index contributed by atoms with van der Waals surface area (Å²) >= 11 is 0. The molecule has 140 valence electrons. The number of anilines is 1. The number of rotatable bonds is 3. The first-order valence-corrected chi connectivity index (χ1v) is 9.38. The molecule has 27 heavy (non-hydrogen) atoms. The summed E-state index contributed by atoms with van der Waals surface area (Å²) < 4.78 is 1.92. The molecule has 0 spiro atoms. The lowest BCUT2D eigenvalue weighted by Gasteiger charge is -2.35. The molecule has 2 aromatic heterocycles. The Labute approximate surface area is 158 Å². The zero-order valence-electron chi connectivity index (χ0n) is 16.0. The van der Waals surface area contributed by atoms with Crippen molar-refractivity contribution in [1.29, 1.82) is 0 Å². The molecule has 0 unspecified atom stereocenters. The minimum Gasteiger partial charge on any atom is -0.353 e. The Bertz CT molecular complexity index is 987. The van der Waals surface area contributed by atoms with Gasteiger partial charge in [-0.15, -0.1) is 10.2 Å². The number of fused-ring (bicyclic) bond motifs is 1. The summed E-state index contributed by atoms with van der Waals surface area (Å²) in [4.78, 5) is 21.6. The largest absolute Gasteiger partial charge is 0.353 e. The minimum absolute atomic E-state index is 0.105. The standard InChI is InChI=1S/C20H24N6O/c1-4-17-12-18(22-20-23-21-13-26(17)20)24-7-9-25(10-8-24)19(27)16-6-5-14(2)15(3)11-16/h5-6,11-13H,4,7-10H2,1-3H3. The molecule has 0 N–H and O–H groups in total. The summed E-state index contributed by atoms with van der Waals surface area (Å²) in [5, 5.41) is 8.05. The van der Waals surface area contributed by atoms with E-state index in [9.17, 15) is 4.79 Å². The molecule has 1 aliphatic rings. The summed E-state index contributed by atoms with van der Waals surface area (Å²) in [6.45, 7) is 9.11. The van der Waals surface area contributed by atoms with Gasteiger partial charge in [-0.1, -0.05) is 13.0 Å². The first-order valence-electron chi connectivity index (χ1n) is 9.38. The normalized spacial score (nSPS) is 14.8. The number of piperazine rings is 1. The van der Waals surface area contributed by atoms with Gasteiger partial charge in [0.2, 0.25) is 0 Å².